The maximum Gasteiger partial charge on any atom is 0.339 e. The van der Waals surface area contributed by atoms with Crippen LogP contribution in [0.4, 0.5) is 0 Å². The Morgan fingerprint density at radius 3 is 3.36 bits per heavy atom. The lowest BCUT2D eigenvalue weighted by Gasteiger charge is -1.98. The Hall–Kier alpha value is -1.38. The summed E-state index contributed by atoms with van der Waals surface area (Å²) in [6.07, 6.45) is 2.75. The number of rotatable bonds is 2. The second-order valence-electron chi connectivity index (χ2n) is 1.89. The van der Waals surface area contributed by atoms with Crippen LogP contribution in [0.2, 0.25) is 0 Å². The molecule has 0 radical (unpaired) electrons. The molecule has 1 heterocycles. The van der Waals surface area contributed by atoms with Crippen molar-refractivity contribution >= 4 is 5.97 Å². The van der Waals surface area contributed by atoms with Crippen LogP contribution in [0.3, 0.4) is 0 Å². The normalized spacial score (nSPS) is 10.5. The van der Waals surface area contributed by atoms with Gasteiger partial charge >= 0.3 is 5.97 Å². The van der Waals surface area contributed by atoms with E-state index in [0.717, 1.165) is 0 Å². The average molecular weight is 152 g/mol. The van der Waals surface area contributed by atoms with Crippen molar-refractivity contribution in [2.75, 3.05) is 6.61 Å². The standard InChI is InChI=1S/C8H9NO2/c1-2-11-8(10)7-4-3-5-9-6-7/h3-6H,2H2,1H3/i3D. The van der Waals surface area contributed by atoms with E-state index in [9.17, 15) is 4.79 Å². The van der Waals surface area contributed by atoms with Gasteiger partial charge in [-0.25, -0.2) is 4.79 Å². The smallest absolute Gasteiger partial charge is 0.339 e. The first-order valence-electron chi connectivity index (χ1n) is 3.83. The van der Waals surface area contributed by atoms with Crippen LogP contribution in [0.15, 0.2) is 24.5 Å². The lowest BCUT2D eigenvalue weighted by atomic mass is 10.3. The van der Waals surface area contributed by atoms with E-state index in [1.54, 1.807) is 6.92 Å². The maximum atomic E-state index is 11.1. The number of ether oxygens (including phenoxy) is 1. The molecule has 0 atom stereocenters. The van der Waals surface area contributed by atoms with Gasteiger partial charge in [-0.3, -0.25) is 4.98 Å². The lowest BCUT2D eigenvalue weighted by molar-refractivity contribution is 0.0526. The average Bonchev–Trinajstić information content (AvgIpc) is 2.05. The summed E-state index contributed by atoms with van der Waals surface area (Å²) in [5.41, 5.74) is 0.323. The Morgan fingerprint density at radius 1 is 1.91 bits per heavy atom. The van der Waals surface area contributed by atoms with E-state index in [1.807, 2.05) is 0 Å². The van der Waals surface area contributed by atoms with Gasteiger partial charge in [0.05, 0.1) is 13.5 Å². The number of hydrogen-bond acceptors (Lipinski definition) is 3. The minimum Gasteiger partial charge on any atom is -0.462 e. The molecule has 0 aliphatic rings. The van der Waals surface area contributed by atoms with Gasteiger partial charge in [-0.05, 0) is 19.0 Å². The second-order valence-corrected chi connectivity index (χ2v) is 1.89. The van der Waals surface area contributed by atoms with Crippen molar-refractivity contribution in [1.29, 1.82) is 0 Å². The van der Waals surface area contributed by atoms with Crippen molar-refractivity contribution in [3.05, 3.63) is 30.1 Å². The van der Waals surface area contributed by atoms with E-state index >= 15 is 0 Å². The Kier molecular flexibility index (Phi) is 2.14. The zero-order valence-electron chi connectivity index (χ0n) is 7.20. The summed E-state index contributed by atoms with van der Waals surface area (Å²) < 4.78 is 11.9. The van der Waals surface area contributed by atoms with Crippen LogP contribution in [-0.2, 0) is 4.74 Å². The molecule has 0 saturated heterocycles. The van der Waals surface area contributed by atoms with Crippen molar-refractivity contribution in [3.63, 3.8) is 0 Å². The molecule has 0 bridgehead atoms. The molecule has 0 N–H and O–H groups in total. The molecule has 0 fully saturated rings. The third kappa shape index (κ3) is 2.04. The Morgan fingerprint density at radius 2 is 2.73 bits per heavy atom. The van der Waals surface area contributed by atoms with Gasteiger partial charge in [-0.15, -0.1) is 0 Å². The highest BCUT2D eigenvalue weighted by Crippen LogP contribution is 1.97. The first-order valence-corrected chi connectivity index (χ1v) is 3.33. The molecule has 3 heteroatoms. The molecule has 0 unspecified atom stereocenters. The predicted molar refractivity (Wildman–Crippen MR) is 40.2 cm³/mol. The van der Waals surface area contributed by atoms with Crippen molar-refractivity contribution in [3.8, 4) is 0 Å². The summed E-state index contributed by atoms with van der Waals surface area (Å²) in [6.45, 7) is 2.07. The lowest BCUT2D eigenvalue weighted by Crippen LogP contribution is -2.04. The predicted octanol–water partition coefficient (Wildman–Crippen LogP) is 1.26. The Balaban J connectivity index is 2.81. The number of carbonyl (C=O) groups excluding carboxylic acids is 1. The molecule has 0 saturated carbocycles. The van der Waals surface area contributed by atoms with Crippen LogP contribution in [-0.4, -0.2) is 17.6 Å². The first-order chi connectivity index (χ1) is 5.74. The fourth-order valence-electron chi connectivity index (χ4n) is 0.651. The summed E-state index contributed by atoms with van der Waals surface area (Å²) >= 11 is 0. The zero-order valence-corrected chi connectivity index (χ0v) is 6.20. The van der Waals surface area contributed by atoms with Gasteiger partial charge in [0.15, 0.2) is 0 Å². The highest BCUT2D eigenvalue weighted by atomic mass is 16.5. The Bertz CT molecular complexity index is 288. The summed E-state index contributed by atoms with van der Waals surface area (Å²) in [7, 11) is 0. The second kappa shape index (κ2) is 3.71. The number of hydrogen-bond donors (Lipinski definition) is 0. The summed E-state index contributed by atoms with van der Waals surface area (Å²) in [5.74, 6) is -0.431. The molecule has 0 amide bonds. The molecule has 0 spiro atoms. The van der Waals surface area contributed by atoms with Crippen molar-refractivity contribution in [2.45, 2.75) is 6.92 Å². The third-order valence-corrected chi connectivity index (χ3v) is 1.11. The number of carbonyl (C=O) groups is 1. The summed E-state index contributed by atoms with van der Waals surface area (Å²) in [6, 6.07) is 1.63. The number of pyridine rings is 1. The molecule has 0 aromatic carbocycles. The van der Waals surface area contributed by atoms with Gasteiger partial charge in [-0.1, -0.05) is 0 Å². The molecular weight excluding hydrogens is 142 g/mol. The molecule has 1 aromatic rings. The van der Waals surface area contributed by atoms with E-state index in [1.165, 1.54) is 18.5 Å². The zero-order chi connectivity index (χ0) is 8.97. The summed E-state index contributed by atoms with van der Waals surface area (Å²) in [5, 5.41) is 0. The minimum atomic E-state index is -0.431. The van der Waals surface area contributed by atoms with Crippen LogP contribution in [0.1, 0.15) is 18.7 Å². The third-order valence-electron chi connectivity index (χ3n) is 1.11. The molecule has 58 valence electrons. The number of esters is 1. The van der Waals surface area contributed by atoms with Crippen LogP contribution in [0, 0.1) is 0 Å². The molecule has 1 rings (SSSR count). The van der Waals surface area contributed by atoms with Crippen LogP contribution in [0.25, 0.3) is 0 Å². The SMILES string of the molecule is [2H]c1cncc(C(=O)OCC)c1. The maximum absolute atomic E-state index is 11.1. The van der Waals surface area contributed by atoms with E-state index < -0.39 is 5.97 Å². The van der Waals surface area contributed by atoms with Crippen molar-refractivity contribution < 1.29 is 10.9 Å². The number of aromatic nitrogens is 1. The van der Waals surface area contributed by atoms with E-state index in [-0.39, 0.29) is 6.04 Å². The molecule has 0 aliphatic carbocycles. The molecule has 0 aliphatic heterocycles. The van der Waals surface area contributed by atoms with Crippen LogP contribution >= 0.6 is 0 Å². The molecule has 3 nitrogen and oxygen atoms in total. The van der Waals surface area contributed by atoms with Gasteiger partial charge < -0.3 is 4.74 Å². The van der Waals surface area contributed by atoms with Crippen LogP contribution < -0.4 is 0 Å². The highest BCUT2D eigenvalue weighted by molar-refractivity contribution is 5.88. The molecular formula is C8H9NO2. The quantitative estimate of drug-likeness (QED) is 0.599. The van der Waals surface area contributed by atoms with E-state index in [4.69, 9.17) is 6.11 Å². The van der Waals surface area contributed by atoms with Gasteiger partial charge in [0.25, 0.3) is 0 Å². The van der Waals surface area contributed by atoms with Gasteiger partial charge in [0, 0.05) is 12.4 Å². The minimum absolute atomic E-state index is 0.209. The highest BCUT2D eigenvalue weighted by Gasteiger charge is 2.03. The number of nitrogens with zero attached hydrogens (tertiary/aromatic N) is 1. The fourth-order valence-corrected chi connectivity index (χ4v) is 0.651. The topological polar surface area (TPSA) is 39.2 Å². The Labute approximate surface area is 66.4 Å². The first kappa shape index (κ1) is 6.34. The van der Waals surface area contributed by atoms with Gasteiger partial charge in [0.1, 0.15) is 0 Å². The van der Waals surface area contributed by atoms with Crippen molar-refractivity contribution in [2.24, 2.45) is 0 Å². The molecule has 11 heavy (non-hydrogen) atoms. The van der Waals surface area contributed by atoms with Crippen LogP contribution in [0.5, 0.6) is 0 Å². The fraction of sp³-hybridized carbons (Fsp3) is 0.250. The van der Waals surface area contributed by atoms with E-state index in [2.05, 4.69) is 4.98 Å². The monoisotopic (exact) mass is 152 g/mol. The van der Waals surface area contributed by atoms with E-state index in [0.29, 0.717) is 12.2 Å². The van der Waals surface area contributed by atoms with Crippen molar-refractivity contribution in [1.82, 2.24) is 4.98 Å². The largest absolute Gasteiger partial charge is 0.462 e. The van der Waals surface area contributed by atoms with Gasteiger partial charge in [0.2, 0.25) is 0 Å². The summed E-state index contributed by atoms with van der Waals surface area (Å²) in [4.78, 5) is 14.8. The van der Waals surface area contributed by atoms with Gasteiger partial charge in [-0.2, -0.15) is 0 Å². The molecule has 1 aromatic heterocycles.